The topological polar surface area (TPSA) is 91.9 Å². The summed E-state index contributed by atoms with van der Waals surface area (Å²) in [5.74, 6) is -2.65. The molecule has 6 nitrogen and oxygen atoms in total. The van der Waals surface area contributed by atoms with E-state index < -0.39 is 17.6 Å². The lowest BCUT2D eigenvalue weighted by Crippen LogP contribution is -2.06. The van der Waals surface area contributed by atoms with Crippen molar-refractivity contribution in [3.05, 3.63) is 35.7 Å². The predicted molar refractivity (Wildman–Crippen MR) is 49.1 cm³/mol. The second kappa shape index (κ2) is 3.09. The van der Waals surface area contributed by atoms with E-state index in [9.17, 15) is 9.59 Å². The molecule has 0 radical (unpaired) electrons. The molecule has 15 heavy (non-hydrogen) atoms. The average molecular weight is 206 g/mol. The molecule has 0 fully saturated rings. The molecular weight excluding hydrogens is 200 g/mol. The largest absolute Gasteiger partial charge is 0.478 e. The molecule has 76 valence electrons. The highest BCUT2D eigenvalue weighted by atomic mass is 16.4. The van der Waals surface area contributed by atoms with Crippen molar-refractivity contribution in [3.63, 3.8) is 0 Å². The summed E-state index contributed by atoms with van der Waals surface area (Å²) in [6.45, 7) is 0. The number of carboxylic acid groups (broad SMARTS) is 2. The summed E-state index contributed by atoms with van der Waals surface area (Å²) in [5.41, 5.74) is -0.473. The first kappa shape index (κ1) is 9.20. The maximum absolute atomic E-state index is 10.9. The third kappa shape index (κ3) is 1.32. The number of carbonyl (C=O) groups is 2. The van der Waals surface area contributed by atoms with Gasteiger partial charge >= 0.3 is 11.9 Å². The number of hydrogen-bond donors (Lipinski definition) is 2. The second-order valence-corrected chi connectivity index (χ2v) is 2.86. The van der Waals surface area contributed by atoms with Crippen LogP contribution in [0.5, 0.6) is 0 Å². The Hall–Kier alpha value is -2.37. The van der Waals surface area contributed by atoms with Gasteiger partial charge in [0.25, 0.3) is 0 Å². The van der Waals surface area contributed by atoms with Crippen molar-refractivity contribution < 1.29 is 19.8 Å². The maximum atomic E-state index is 10.9. The zero-order valence-corrected chi connectivity index (χ0v) is 7.41. The summed E-state index contributed by atoms with van der Waals surface area (Å²) < 4.78 is 1.23. The van der Waals surface area contributed by atoms with Crippen LogP contribution in [0.3, 0.4) is 0 Å². The maximum Gasteiger partial charge on any atom is 0.357 e. The van der Waals surface area contributed by atoms with Gasteiger partial charge in [-0.2, -0.15) is 5.10 Å². The van der Waals surface area contributed by atoms with Crippen molar-refractivity contribution in [2.24, 2.45) is 0 Å². The van der Waals surface area contributed by atoms with E-state index in [4.69, 9.17) is 10.2 Å². The van der Waals surface area contributed by atoms with E-state index in [0.717, 1.165) is 0 Å². The molecule has 0 aliphatic heterocycles. The van der Waals surface area contributed by atoms with Crippen LogP contribution in [-0.2, 0) is 0 Å². The number of aromatic nitrogens is 2. The van der Waals surface area contributed by atoms with E-state index in [2.05, 4.69) is 5.10 Å². The lowest BCUT2D eigenvalue weighted by Gasteiger charge is -1.92. The third-order valence-corrected chi connectivity index (χ3v) is 1.96. The highest BCUT2D eigenvalue weighted by molar-refractivity contribution is 6.05. The van der Waals surface area contributed by atoms with Gasteiger partial charge in [0.2, 0.25) is 0 Å². The van der Waals surface area contributed by atoms with Crippen LogP contribution >= 0.6 is 0 Å². The zero-order chi connectivity index (χ0) is 11.0. The minimum absolute atomic E-state index is 0.266. The number of hydrogen-bond acceptors (Lipinski definition) is 3. The lowest BCUT2D eigenvalue weighted by atomic mass is 10.2. The summed E-state index contributed by atoms with van der Waals surface area (Å²) in [7, 11) is 0. The van der Waals surface area contributed by atoms with Crippen molar-refractivity contribution in [2.75, 3.05) is 0 Å². The molecule has 0 saturated carbocycles. The van der Waals surface area contributed by atoms with Gasteiger partial charge in [-0.15, -0.1) is 0 Å². The first-order chi connectivity index (χ1) is 7.11. The number of nitrogens with zero attached hydrogens (tertiary/aromatic N) is 2. The molecule has 2 rings (SSSR count). The minimum Gasteiger partial charge on any atom is -0.478 e. The van der Waals surface area contributed by atoms with Crippen LogP contribution in [0.25, 0.3) is 5.52 Å². The van der Waals surface area contributed by atoms with Crippen LogP contribution in [0, 0.1) is 0 Å². The van der Waals surface area contributed by atoms with Gasteiger partial charge in [0.05, 0.1) is 5.52 Å². The molecule has 0 bridgehead atoms. The molecule has 2 heterocycles. The highest BCUT2D eigenvalue weighted by Gasteiger charge is 2.23. The molecule has 0 aromatic carbocycles. The van der Waals surface area contributed by atoms with E-state index in [1.807, 2.05) is 0 Å². The number of pyridine rings is 1. The van der Waals surface area contributed by atoms with Gasteiger partial charge in [0, 0.05) is 6.20 Å². The quantitative estimate of drug-likeness (QED) is 0.755. The molecule has 2 aromatic heterocycles. The van der Waals surface area contributed by atoms with Crippen LogP contribution in [-0.4, -0.2) is 31.8 Å². The number of rotatable bonds is 2. The van der Waals surface area contributed by atoms with Crippen LogP contribution < -0.4 is 0 Å². The van der Waals surface area contributed by atoms with E-state index in [1.54, 1.807) is 12.1 Å². The van der Waals surface area contributed by atoms with Crippen LogP contribution in [0.4, 0.5) is 0 Å². The molecular formula is C9H6N2O4. The molecule has 0 atom stereocenters. The van der Waals surface area contributed by atoms with Crippen molar-refractivity contribution in [1.82, 2.24) is 9.61 Å². The number of carboxylic acids is 2. The molecule has 2 aromatic rings. The molecule has 0 aliphatic carbocycles. The molecule has 0 amide bonds. The molecule has 2 N–H and O–H groups in total. The van der Waals surface area contributed by atoms with Crippen molar-refractivity contribution in [3.8, 4) is 0 Å². The van der Waals surface area contributed by atoms with Crippen LogP contribution in [0.1, 0.15) is 20.8 Å². The van der Waals surface area contributed by atoms with Crippen molar-refractivity contribution >= 4 is 17.5 Å². The molecule has 0 saturated heterocycles. The normalized spacial score (nSPS) is 10.4. The Morgan fingerprint density at radius 1 is 1.20 bits per heavy atom. The van der Waals surface area contributed by atoms with E-state index in [-0.39, 0.29) is 11.1 Å². The fourth-order valence-corrected chi connectivity index (χ4v) is 1.36. The standard InChI is InChI=1S/C9H6N2O4/c12-8(13)6-5-3-1-2-4-11(5)10-7(6)9(14)15/h1-4H,(H,12,13)(H,14,15). The zero-order valence-electron chi connectivity index (χ0n) is 7.41. The summed E-state index contributed by atoms with van der Waals surface area (Å²) in [6, 6.07) is 4.76. The average Bonchev–Trinajstić information content (AvgIpc) is 2.56. The summed E-state index contributed by atoms with van der Waals surface area (Å²) >= 11 is 0. The summed E-state index contributed by atoms with van der Waals surface area (Å²) in [5, 5.41) is 21.3. The Bertz CT molecular complexity index is 558. The number of fused-ring (bicyclic) bond motifs is 1. The van der Waals surface area contributed by atoms with Gasteiger partial charge in [-0.05, 0) is 12.1 Å². The summed E-state index contributed by atoms with van der Waals surface area (Å²) in [6.07, 6.45) is 1.49. The molecule has 0 unspecified atom stereocenters. The van der Waals surface area contributed by atoms with E-state index >= 15 is 0 Å². The predicted octanol–water partition coefficient (Wildman–Crippen LogP) is 0.731. The summed E-state index contributed by atoms with van der Waals surface area (Å²) in [4.78, 5) is 21.6. The first-order valence-electron chi connectivity index (χ1n) is 4.05. The highest BCUT2D eigenvalue weighted by Crippen LogP contribution is 2.15. The van der Waals surface area contributed by atoms with Crippen LogP contribution in [0.2, 0.25) is 0 Å². The van der Waals surface area contributed by atoms with Gasteiger partial charge in [0.1, 0.15) is 5.56 Å². The Morgan fingerprint density at radius 3 is 2.53 bits per heavy atom. The second-order valence-electron chi connectivity index (χ2n) is 2.86. The van der Waals surface area contributed by atoms with Gasteiger partial charge in [-0.3, -0.25) is 0 Å². The van der Waals surface area contributed by atoms with Gasteiger partial charge in [-0.1, -0.05) is 6.07 Å². The van der Waals surface area contributed by atoms with Crippen LogP contribution in [0.15, 0.2) is 24.4 Å². The van der Waals surface area contributed by atoms with Crippen molar-refractivity contribution in [1.29, 1.82) is 0 Å². The van der Waals surface area contributed by atoms with E-state index in [0.29, 0.717) is 0 Å². The number of aromatic carboxylic acids is 2. The Kier molecular flexibility index (Phi) is 1.89. The SMILES string of the molecule is O=C(O)c1nn2ccccc2c1C(=O)O. The fraction of sp³-hybridized carbons (Fsp3) is 0. The van der Waals surface area contributed by atoms with Gasteiger partial charge in [0.15, 0.2) is 5.69 Å². The lowest BCUT2D eigenvalue weighted by molar-refractivity contribution is 0.0649. The minimum atomic E-state index is -1.35. The fourth-order valence-electron chi connectivity index (χ4n) is 1.36. The van der Waals surface area contributed by atoms with Gasteiger partial charge in [-0.25, -0.2) is 14.1 Å². The molecule has 6 heteroatoms. The van der Waals surface area contributed by atoms with Gasteiger partial charge < -0.3 is 10.2 Å². The first-order valence-corrected chi connectivity index (χ1v) is 4.05. The third-order valence-electron chi connectivity index (χ3n) is 1.96. The van der Waals surface area contributed by atoms with Crippen molar-refractivity contribution in [2.45, 2.75) is 0 Å². The Morgan fingerprint density at radius 2 is 1.93 bits per heavy atom. The smallest absolute Gasteiger partial charge is 0.357 e. The molecule has 0 aliphatic rings. The Balaban J connectivity index is 2.86. The Labute approximate surface area is 83.4 Å². The molecule has 0 spiro atoms. The monoisotopic (exact) mass is 206 g/mol. The van der Waals surface area contributed by atoms with E-state index in [1.165, 1.54) is 16.8 Å².